The van der Waals surface area contributed by atoms with E-state index >= 15 is 0 Å². The molecule has 1 heterocycles. The number of nitrogen functional groups attached to an aromatic ring is 1. The van der Waals surface area contributed by atoms with Gasteiger partial charge in [-0.1, -0.05) is 11.6 Å². The van der Waals surface area contributed by atoms with E-state index in [1.165, 1.54) is 0 Å². The Morgan fingerprint density at radius 1 is 1.38 bits per heavy atom. The molecule has 0 aromatic heterocycles. The van der Waals surface area contributed by atoms with Crippen LogP contribution < -0.4 is 11.1 Å². The number of anilines is 2. The minimum atomic E-state index is 0.00259. The van der Waals surface area contributed by atoms with Crippen LogP contribution in [0.25, 0.3) is 0 Å². The Balaban J connectivity index is 1.70. The fraction of sp³-hybridized carbons (Fsp3) is 0.533. The molecule has 3 N–H and O–H groups in total. The summed E-state index contributed by atoms with van der Waals surface area (Å²) in [6, 6.07) is 5.11. The van der Waals surface area contributed by atoms with Gasteiger partial charge in [0.2, 0.25) is 5.91 Å². The summed E-state index contributed by atoms with van der Waals surface area (Å²) >= 11 is 5.85. The molecule has 0 aliphatic carbocycles. The number of ether oxygens (including phenoxy) is 1. The van der Waals surface area contributed by atoms with Gasteiger partial charge in [0.25, 0.3) is 0 Å². The molecule has 1 aromatic carbocycles. The highest BCUT2D eigenvalue weighted by Crippen LogP contribution is 2.22. The molecule has 0 atom stereocenters. The number of rotatable bonds is 5. The quantitative estimate of drug-likeness (QED) is 0.819. The van der Waals surface area contributed by atoms with Crippen LogP contribution in [-0.2, 0) is 9.53 Å². The lowest BCUT2D eigenvalue weighted by molar-refractivity contribution is -0.116. The van der Waals surface area contributed by atoms with Crippen molar-refractivity contribution in [2.24, 2.45) is 0 Å². The molecule has 1 aliphatic heterocycles. The Morgan fingerprint density at radius 3 is 3.05 bits per heavy atom. The van der Waals surface area contributed by atoms with Crippen LogP contribution in [-0.4, -0.2) is 43.7 Å². The molecule has 0 radical (unpaired) electrons. The molecule has 21 heavy (non-hydrogen) atoms. The minimum Gasteiger partial charge on any atom is -0.397 e. The Kier molecular flexibility index (Phi) is 6.29. The lowest BCUT2D eigenvalue weighted by Crippen LogP contribution is -2.28. The highest BCUT2D eigenvalue weighted by Gasteiger charge is 2.10. The van der Waals surface area contributed by atoms with E-state index in [0.29, 0.717) is 22.8 Å². The van der Waals surface area contributed by atoms with Crippen molar-refractivity contribution in [3.63, 3.8) is 0 Å². The summed E-state index contributed by atoms with van der Waals surface area (Å²) in [6.07, 6.45) is 2.41. The molecule has 1 saturated heterocycles. The number of hydrogen-bond acceptors (Lipinski definition) is 4. The van der Waals surface area contributed by atoms with Gasteiger partial charge in [-0.05, 0) is 37.6 Å². The van der Waals surface area contributed by atoms with Gasteiger partial charge in [0.15, 0.2) is 0 Å². The van der Waals surface area contributed by atoms with Crippen LogP contribution in [0.4, 0.5) is 11.4 Å². The summed E-state index contributed by atoms with van der Waals surface area (Å²) in [7, 11) is 0. The lowest BCUT2D eigenvalue weighted by atomic mass is 10.2. The standard InChI is InChI=1S/C15H22ClN3O2/c16-13-5-4-12(11-14(13)17)18-15(20)3-1-6-19-7-2-9-21-10-8-19/h4-5,11H,1-3,6-10,17H2,(H,18,20). The molecule has 6 heteroatoms. The number of carbonyl (C=O) groups is 1. The van der Waals surface area contributed by atoms with Crippen LogP contribution in [0.3, 0.4) is 0 Å². The fourth-order valence-electron chi connectivity index (χ4n) is 2.33. The van der Waals surface area contributed by atoms with E-state index in [4.69, 9.17) is 22.1 Å². The second-order valence-electron chi connectivity index (χ2n) is 5.20. The third kappa shape index (κ3) is 5.53. The summed E-state index contributed by atoms with van der Waals surface area (Å²) in [5, 5.41) is 3.34. The molecule has 1 amide bonds. The summed E-state index contributed by atoms with van der Waals surface area (Å²) < 4.78 is 5.41. The molecule has 2 rings (SSSR count). The van der Waals surface area contributed by atoms with Crippen molar-refractivity contribution in [2.45, 2.75) is 19.3 Å². The van der Waals surface area contributed by atoms with Gasteiger partial charge in [-0.15, -0.1) is 0 Å². The SMILES string of the molecule is Nc1cc(NC(=O)CCCN2CCCOCC2)ccc1Cl. The summed E-state index contributed by atoms with van der Waals surface area (Å²) in [6.45, 7) is 4.56. The van der Waals surface area contributed by atoms with Crippen molar-refractivity contribution in [2.75, 3.05) is 43.9 Å². The van der Waals surface area contributed by atoms with E-state index in [0.717, 1.165) is 45.7 Å². The molecule has 0 saturated carbocycles. The van der Waals surface area contributed by atoms with Crippen LogP contribution >= 0.6 is 11.6 Å². The summed E-state index contributed by atoms with van der Waals surface area (Å²) in [4.78, 5) is 14.2. The number of hydrogen-bond donors (Lipinski definition) is 2. The molecule has 1 fully saturated rings. The smallest absolute Gasteiger partial charge is 0.224 e. The largest absolute Gasteiger partial charge is 0.397 e. The zero-order chi connectivity index (χ0) is 15.1. The zero-order valence-electron chi connectivity index (χ0n) is 12.1. The summed E-state index contributed by atoms with van der Waals surface area (Å²) in [5.41, 5.74) is 6.86. The van der Waals surface area contributed by atoms with Gasteiger partial charge in [-0.2, -0.15) is 0 Å². The van der Waals surface area contributed by atoms with E-state index in [1.807, 2.05) is 0 Å². The van der Waals surface area contributed by atoms with Crippen LogP contribution in [0, 0.1) is 0 Å². The van der Waals surface area contributed by atoms with Crippen LogP contribution in [0.5, 0.6) is 0 Å². The number of benzene rings is 1. The van der Waals surface area contributed by atoms with Crippen LogP contribution in [0.2, 0.25) is 5.02 Å². The fourth-order valence-corrected chi connectivity index (χ4v) is 2.45. The number of amides is 1. The van der Waals surface area contributed by atoms with E-state index in [2.05, 4.69) is 10.2 Å². The van der Waals surface area contributed by atoms with Gasteiger partial charge in [0, 0.05) is 31.8 Å². The monoisotopic (exact) mass is 311 g/mol. The number of halogens is 1. The van der Waals surface area contributed by atoms with Gasteiger partial charge in [-0.25, -0.2) is 0 Å². The van der Waals surface area contributed by atoms with Crippen molar-refractivity contribution in [1.82, 2.24) is 4.90 Å². The lowest BCUT2D eigenvalue weighted by Gasteiger charge is -2.18. The van der Waals surface area contributed by atoms with Gasteiger partial charge in [0.05, 0.1) is 17.3 Å². The average molecular weight is 312 g/mol. The first-order chi connectivity index (χ1) is 10.1. The highest BCUT2D eigenvalue weighted by atomic mass is 35.5. The third-order valence-corrected chi connectivity index (χ3v) is 3.82. The molecule has 0 unspecified atom stereocenters. The Bertz CT molecular complexity index is 474. The zero-order valence-corrected chi connectivity index (χ0v) is 12.9. The van der Waals surface area contributed by atoms with Gasteiger partial charge < -0.3 is 20.7 Å². The first-order valence-corrected chi connectivity index (χ1v) is 7.68. The highest BCUT2D eigenvalue weighted by molar-refractivity contribution is 6.33. The topological polar surface area (TPSA) is 67.6 Å². The van der Waals surface area contributed by atoms with Crippen molar-refractivity contribution in [3.05, 3.63) is 23.2 Å². The Labute approximate surface area is 130 Å². The minimum absolute atomic E-state index is 0.00259. The number of nitrogens with two attached hydrogens (primary N) is 1. The maximum absolute atomic E-state index is 11.9. The van der Waals surface area contributed by atoms with Crippen molar-refractivity contribution < 1.29 is 9.53 Å². The second-order valence-corrected chi connectivity index (χ2v) is 5.60. The molecule has 116 valence electrons. The van der Waals surface area contributed by atoms with Gasteiger partial charge in [0.1, 0.15) is 0 Å². The Hall–Kier alpha value is -1.30. The van der Waals surface area contributed by atoms with Crippen molar-refractivity contribution in [1.29, 1.82) is 0 Å². The van der Waals surface area contributed by atoms with E-state index in [-0.39, 0.29) is 5.91 Å². The van der Waals surface area contributed by atoms with E-state index < -0.39 is 0 Å². The number of nitrogens with one attached hydrogen (secondary N) is 1. The first-order valence-electron chi connectivity index (χ1n) is 7.30. The molecule has 0 bridgehead atoms. The number of nitrogens with zero attached hydrogens (tertiary/aromatic N) is 1. The normalized spacial score (nSPS) is 16.4. The molecular formula is C15H22ClN3O2. The van der Waals surface area contributed by atoms with E-state index in [9.17, 15) is 4.79 Å². The Morgan fingerprint density at radius 2 is 2.24 bits per heavy atom. The predicted molar refractivity (Wildman–Crippen MR) is 85.6 cm³/mol. The first kappa shape index (κ1) is 16.1. The second kappa shape index (κ2) is 8.22. The van der Waals surface area contributed by atoms with E-state index in [1.54, 1.807) is 18.2 Å². The molecule has 0 spiro atoms. The third-order valence-electron chi connectivity index (χ3n) is 3.47. The van der Waals surface area contributed by atoms with Crippen molar-refractivity contribution in [3.8, 4) is 0 Å². The molecule has 1 aromatic rings. The van der Waals surface area contributed by atoms with Crippen LogP contribution in [0.1, 0.15) is 19.3 Å². The number of carbonyl (C=O) groups excluding carboxylic acids is 1. The van der Waals surface area contributed by atoms with Crippen molar-refractivity contribution >= 4 is 28.9 Å². The summed E-state index contributed by atoms with van der Waals surface area (Å²) in [5.74, 6) is 0.00259. The molecular weight excluding hydrogens is 290 g/mol. The maximum atomic E-state index is 11.9. The molecule has 5 nitrogen and oxygen atoms in total. The maximum Gasteiger partial charge on any atom is 0.224 e. The molecule has 1 aliphatic rings. The van der Waals surface area contributed by atoms with Gasteiger partial charge in [-0.3, -0.25) is 4.79 Å². The van der Waals surface area contributed by atoms with Crippen LogP contribution in [0.15, 0.2) is 18.2 Å². The predicted octanol–water partition coefficient (Wildman–Crippen LogP) is 2.36. The average Bonchev–Trinajstić information content (AvgIpc) is 2.72. The van der Waals surface area contributed by atoms with Gasteiger partial charge >= 0.3 is 0 Å².